The van der Waals surface area contributed by atoms with E-state index in [0.29, 0.717) is 0 Å². The van der Waals surface area contributed by atoms with Gasteiger partial charge in [-0.2, -0.15) is 0 Å². The highest BCUT2D eigenvalue weighted by Crippen LogP contribution is 2.58. The summed E-state index contributed by atoms with van der Waals surface area (Å²) < 4.78 is 0. The molecule has 0 spiro atoms. The van der Waals surface area contributed by atoms with Crippen molar-refractivity contribution < 1.29 is 0 Å². The number of benzene rings is 15. The fraction of sp³-hybridized carbons (Fsp3) is 0.189. The molecule has 0 saturated carbocycles. The van der Waals surface area contributed by atoms with E-state index in [1.54, 1.807) is 0 Å². The average molecular weight is 1390 g/mol. The van der Waals surface area contributed by atoms with Crippen LogP contribution in [0, 0.1) is 0 Å². The van der Waals surface area contributed by atoms with Gasteiger partial charge in [0.05, 0.1) is 11.4 Å². The average Bonchev–Trinajstić information content (AvgIpc) is 1.30. The number of rotatable bonds is 10. The third-order valence-corrected chi connectivity index (χ3v) is 25.4. The molecule has 4 aliphatic rings. The van der Waals surface area contributed by atoms with Crippen molar-refractivity contribution in [2.75, 3.05) is 9.80 Å². The van der Waals surface area contributed by atoms with E-state index in [9.17, 15) is 0 Å². The fourth-order valence-electron chi connectivity index (χ4n) is 19.2. The summed E-state index contributed by atoms with van der Waals surface area (Å²) in [6.07, 6.45) is 0. The molecule has 0 aliphatic heterocycles. The molecule has 0 heterocycles. The predicted molar refractivity (Wildman–Crippen MR) is 460 cm³/mol. The van der Waals surface area contributed by atoms with Gasteiger partial charge in [-0.15, -0.1) is 0 Å². The van der Waals surface area contributed by atoms with Crippen LogP contribution in [-0.2, 0) is 32.5 Å². The van der Waals surface area contributed by atoms with Gasteiger partial charge in [-0.3, -0.25) is 0 Å². The van der Waals surface area contributed by atoms with E-state index in [-0.39, 0.29) is 32.5 Å². The third-order valence-electron chi connectivity index (χ3n) is 25.4. The SMILES string of the molecule is CC(C)(C)c1ccc(N(c2ccc(C(C)(C)C)cc2)c2c3ccccc3c(N(c3cccc(-c4ccc5c(c4)C(C)(C)c4cc(-c6ccc7c(c6)C(C)(C)c6ccccc6-7)ccc4-5)c3)c3cccc(-c4ccc5c(c4)C(C)(C)c4cc(-c6ccc7c(c6)C(C)(C)c6ccccc6-7)ccc4-5)c3)c3ccccc23)cc1. The van der Waals surface area contributed by atoms with E-state index in [2.05, 4.69) is 410 Å². The molecule has 0 bridgehead atoms. The molecule has 4 aliphatic carbocycles. The molecule has 0 fully saturated rings. The van der Waals surface area contributed by atoms with Crippen molar-refractivity contribution in [2.24, 2.45) is 0 Å². The second-order valence-corrected chi connectivity index (χ2v) is 35.3. The Bertz CT molecular complexity index is 5880. The molecule has 15 aromatic carbocycles. The molecule has 0 saturated heterocycles. The van der Waals surface area contributed by atoms with E-state index in [1.165, 1.54) is 134 Å². The molecule has 526 valence electrons. The maximum absolute atomic E-state index is 2.57. The van der Waals surface area contributed by atoms with E-state index >= 15 is 0 Å². The van der Waals surface area contributed by atoms with Crippen molar-refractivity contribution in [3.8, 4) is 89.0 Å². The number of fused-ring (bicyclic) bond motifs is 14. The highest BCUT2D eigenvalue weighted by Gasteiger charge is 2.41. The number of hydrogen-bond donors (Lipinski definition) is 0. The lowest BCUT2D eigenvalue weighted by Gasteiger charge is -2.33. The van der Waals surface area contributed by atoms with E-state index in [4.69, 9.17) is 0 Å². The molecule has 0 atom stereocenters. The minimum Gasteiger partial charge on any atom is -0.309 e. The van der Waals surface area contributed by atoms with Crippen molar-refractivity contribution in [1.29, 1.82) is 0 Å². The van der Waals surface area contributed by atoms with Gasteiger partial charge in [0, 0.05) is 66.0 Å². The lowest BCUT2D eigenvalue weighted by atomic mass is 9.80. The van der Waals surface area contributed by atoms with Crippen LogP contribution in [0.25, 0.3) is 111 Å². The van der Waals surface area contributed by atoms with Crippen LogP contribution in [-0.4, -0.2) is 0 Å². The predicted octanol–water partition coefficient (Wildman–Crippen LogP) is 29.4. The van der Waals surface area contributed by atoms with Crippen LogP contribution in [0.3, 0.4) is 0 Å². The first-order valence-electron chi connectivity index (χ1n) is 38.9. The van der Waals surface area contributed by atoms with Crippen molar-refractivity contribution in [3.63, 3.8) is 0 Å². The molecule has 0 radical (unpaired) electrons. The molecule has 108 heavy (non-hydrogen) atoms. The van der Waals surface area contributed by atoms with Gasteiger partial charge in [-0.1, -0.05) is 315 Å². The second-order valence-electron chi connectivity index (χ2n) is 35.3. The van der Waals surface area contributed by atoms with E-state index < -0.39 is 0 Å². The minimum absolute atomic E-state index is 0.00945. The first kappa shape index (κ1) is 67.1. The number of nitrogens with zero attached hydrogens (tertiary/aromatic N) is 2. The van der Waals surface area contributed by atoms with Gasteiger partial charge in [-0.25, -0.2) is 0 Å². The van der Waals surface area contributed by atoms with Gasteiger partial charge in [0.15, 0.2) is 0 Å². The normalized spacial score (nSPS) is 14.9. The lowest BCUT2D eigenvalue weighted by Crippen LogP contribution is -2.16. The Morgan fingerprint density at radius 1 is 0.194 bits per heavy atom. The summed E-state index contributed by atoms with van der Waals surface area (Å²) in [5.74, 6) is 0. The van der Waals surface area contributed by atoms with Gasteiger partial charge < -0.3 is 9.80 Å². The summed E-state index contributed by atoms with van der Waals surface area (Å²) in [6.45, 7) is 33.0. The van der Waals surface area contributed by atoms with Crippen molar-refractivity contribution >= 4 is 55.7 Å². The molecule has 0 aromatic heterocycles. The molecular weight excluding hydrogens is 1300 g/mol. The zero-order valence-electron chi connectivity index (χ0n) is 64.8. The summed E-state index contributed by atoms with van der Waals surface area (Å²) in [4.78, 5) is 5.09. The summed E-state index contributed by atoms with van der Waals surface area (Å²) in [5, 5.41) is 4.62. The summed E-state index contributed by atoms with van der Waals surface area (Å²) >= 11 is 0. The first-order chi connectivity index (χ1) is 51.8. The van der Waals surface area contributed by atoms with Gasteiger partial charge in [0.1, 0.15) is 0 Å². The molecule has 0 amide bonds. The topological polar surface area (TPSA) is 6.48 Å². The smallest absolute Gasteiger partial charge is 0.0619 e. The summed E-state index contributed by atoms with van der Waals surface area (Å²) in [5.41, 5.74) is 40.0. The van der Waals surface area contributed by atoms with Gasteiger partial charge in [0.25, 0.3) is 0 Å². The van der Waals surface area contributed by atoms with Crippen LogP contribution in [0.1, 0.15) is 153 Å². The standard InChI is InChI=1S/C106H92N2/c1-101(2,3)73-43-47-75(48-44-73)107(76-49-45-74(46-50-76)102(4,5)6)99-87-31-15-17-33-89(87)100(90-34-18-16-32-88(90)99)108(77-27-23-25-65(57-77)67-37-53-83-85-55-41-71(63-97(85)105(11,12)95(83)59-67)69-39-51-81-79-29-19-21-35-91(79)103(7,8)93(81)61-69)78-28-24-26-66(58-78)68-38-54-84-86-56-42-72(64-98(86)106(13,14)96(84)60-68)70-40-52-82-80-30-20-22-36-92(80)104(9,10)94(82)62-70/h15-64H,1-14H3. The van der Waals surface area contributed by atoms with Gasteiger partial charge >= 0.3 is 0 Å². The summed E-state index contributed by atoms with van der Waals surface area (Å²) in [6, 6.07) is 117. The van der Waals surface area contributed by atoms with Crippen LogP contribution in [0.5, 0.6) is 0 Å². The van der Waals surface area contributed by atoms with Crippen molar-refractivity contribution in [2.45, 2.75) is 129 Å². The zero-order valence-corrected chi connectivity index (χ0v) is 64.8. The summed E-state index contributed by atoms with van der Waals surface area (Å²) in [7, 11) is 0. The Labute approximate surface area is 638 Å². The third kappa shape index (κ3) is 10.3. The maximum Gasteiger partial charge on any atom is 0.0619 e. The van der Waals surface area contributed by atoms with Crippen LogP contribution in [0.2, 0.25) is 0 Å². The Balaban J connectivity index is 0.744. The molecule has 15 aromatic rings. The van der Waals surface area contributed by atoms with Crippen LogP contribution >= 0.6 is 0 Å². The molecule has 19 rings (SSSR count). The van der Waals surface area contributed by atoms with Gasteiger partial charge in [0.2, 0.25) is 0 Å². The van der Waals surface area contributed by atoms with Crippen molar-refractivity contribution in [3.05, 3.63) is 359 Å². The molecule has 2 heteroatoms. The second kappa shape index (κ2) is 24.0. The highest BCUT2D eigenvalue weighted by molar-refractivity contribution is 6.23. The van der Waals surface area contributed by atoms with Gasteiger partial charge in [-0.05, 0) is 240 Å². The van der Waals surface area contributed by atoms with E-state index in [0.717, 1.165) is 66.8 Å². The van der Waals surface area contributed by atoms with Crippen LogP contribution in [0.4, 0.5) is 34.1 Å². The Hall–Kier alpha value is -11.6. The number of hydrogen-bond acceptors (Lipinski definition) is 2. The molecular formula is C106H92N2. The fourth-order valence-corrected chi connectivity index (χ4v) is 19.2. The van der Waals surface area contributed by atoms with Crippen molar-refractivity contribution in [1.82, 2.24) is 0 Å². The Kier molecular flexibility index (Phi) is 14.9. The molecule has 2 nitrogen and oxygen atoms in total. The monoisotopic (exact) mass is 1390 g/mol. The van der Waals surface area contributed by atoms with Crippen LogP contribution in [0.15, 0.2) is 303 Å². The Morgan fingerprint density at radius 3 is 0.704 bits per heavy atom. The highest BCUT2D eigenvalue weighted by atomic mass is 15.2. The number of anilines is 6. The lowest BCUT2D eigenvalue weighted by molar-refractivity contribution is 0.590. The molecule has 0 unspecified atom stereocenters. The quantitative estimate of drug-likeness (QED) is 0.0995. The minimum atomic E-state index is -0.254. The molecule has 0 N–H and O–H groups in total. The Morgan fingerprint density at radius 2 is 0.426 bits per heavy atom. The zero-order chi connectivity index (χ0) is 74.3. The van der Waals surface area contributed by atoms with E-state index in [1.807, 2.05) is 0 Å². The van der Waals surface area contributed by atoms with Crippen LogP contribution < -0.4 is 9.80 Å². The maximum atomic E-state index is 2.57. The first-order valence-corrected chi connectivity index (χ1v) is 38.9. The largest absolute Gasteiger partial charge is 0.309 e.